The van der Waals surface area contributed by atoms with Gasteiger partial charge in [-0.2, -0.15) is 0 Å². The van der Waals surface area contributed by atoms with E-state index in [1.165, 1.54) is 11.1 Å². The second-order valence-electron chi connectivity index (χ2n) is 4.90. The summed E-state index contributed by atoms with van der Waals surface area (Å²) >= 11 is 5.34. The highest BCUT2D eigenvalue weighted by atomic mass is 32.1. The topological polar surface area (TPSA) is 37.0 Å². The summed E-state index contributed by atoms with van der Waals surface area (Å²) in [6, 6.07) is 14.4. The van der Waals surface area contributed by atoms with Crippen LogP contribution < -0.4 is 10.6 Å². The largest absolute Gasteiger partial charge is 0.356 e. The molecule has 0 saturated carbocycles. The third kappa shape index (κ3) is 4.03. The Balaban J connectivity index is 1.99. The minimum Gasteiger partial charge on any atom is -0.356 e. The number of rotatable bonds is 3. The zero-order valence-corrected chi connectivity index (χ0v) is 12.8. The van der Waals surface area contributed by atoms with Gasteiger partial charge in [0.05, 0.1) is 6.04 Å². The summed E-state index contributed by atoms with van der Waals surface area (Å²) in [5.41, 5.74) is 3.34. The minimum absolute atomic E-state index is 0.155. The summed E-state index contributed by atoms with van der Waals surface area (Å²) in [5.74, 6) is 0.778. The number of aryl methyl sites for hydroxylation is 2. The lowest BCUT2D eigenvalue weighted by molar-refractivity contribution is 0.722. The first-order valence-electron chi connectivity index (χ1n) is 6.62. The Labute approximate surface area is 125 Å². The number of hydrogen-bond donors (Lipinski definition) is 2. The number of pyridine rings is 1. The van der Waals surface area contributed by atoms with Crippen molar-refractivity contribution in [3.63, 3.8) is 0 Å². The Morgan fingerprint density at radius 2 is 1.85 bits per heavy atom. The number of nitrogens with one attached hydrogen (secondary N) is 2. The first-order chi connectivity index (χ1) is 9.54. The molecule has 0 spiro atoms. The van der Waals surface area contributed by atoms with Gasteiger partial charge in [0, 0.05) is 5.69 Å². The van der Waals surface area contributed by atoms with Crippen LogP contribution in [0.25, 0.3) is 0 Å². The number of anilines is 1. The van der Waals surface area contributed by atoms with Gasteiger partial charge in [-0.3, -0.25) is 0 Å². The van der Waals surface area contributed by atoms with Crippen molar-refractivity contribution in [1.82, 2.24) is 10.3 Å². The fraction of sp³-hybridized carbons (Fsp3) is 0.250. The van der Waals surface area contributed by atoms with E-state index >= 15 is 0 Å². The van der Waals surface area contributed by atoms with E-state index in [9.17, 15) is 0 Å². The molecule has 0 aliphatic rings. The number of benzene rings is 1. The van der Waals surface area contributed by atoms with Crippen LogP contribution in [-0.4, -0.2) is 10.1 Å². The average Bonchev–Trinajstić information content (AvgIpc) is 2.38. The Morgan fingerprint density at radius 3 is 2.50 bits per heavy atom. The third-order valence-electron chi connectivity index (χ3n) is 2.99. The van der Waals surface area contributed by atoms with Gasteiger partial charge < -0.3 is 10.6 Å². The lowest BCUT2D eigenvalue weighted by atomic mass is 10.1. The summed E-state index contributed by atoms with van der Waals surface area (Å²) in [7, 11) is 0. The summed E-state index contributed by atoms with van der Waals surface area (Å²) in [5, 5.41) is 6.98. The van der Waals surface area contributed by atoms with E-state index in [0.717, 1.165) is 11.5 Å². The molecule has 2 aromatic rings. The van der Waals surface area contributed by atoms with Gasteiger partial charge in [-0.15, -0.1) is 0 Å². The van der Waals surface area contributed by atoms with E-state index in [0.29, 0.717) is 5.11 Å². The molecule has 0 saturated heterocycles. The molecule has 1 aromatic heterocycles. The number of thiocarbonyl (C=S) groups is 1. The van der Waals surface area contributed by atoms with E-state index in [2.05, 4.69) is 34.7 Å². The highest BCUT2D eigenvalue weighted by Crippen LogP contribution is 2.12. The Kier molecular flexibility index (Phi) is 4.69. The van der Waals surface area contributed by atoms with Crippen LogP contribution in [0.2, 0.25) is 0 Å². The average molecular weight is 285 g/mol. The van der Waals surface area contributed by atoms with E-state index in [-0.39, 0.29) is 6.04 Å². The van der Waals surface area contributed by atoms with Crippen molar-refractivity contribution in [1.29, 1.82) is 0 Å². The monoisotopic (exact) mass is 285 g/mol. The van der Waals surface area contributed by atoms with Crippen LogP contribution in [0.1, 0.15) is 29.8 Å². The molecule has 0 amide bonds. The molecule has 4 heteroatoms. The summed E-state index contributed by atoms with van der Waals surface area (Å²) < 4.78 is 0. The zero-order chi connectivity index (χ0) is 14.5. The Hall–Kier alpha value is -1.94. The predicted molar refractivity (Wildman–Crippen MR) is 87.9 cm³/mol. The quantitative estimate of drug-likeness (QED) is 0.842. The van der Waals surface area contributed by atoms with Crippen molar-refractivity contribution in [2.75, 3.05) is 5.32 Å². The minimum atomic E-state index is 0.155. The van der Waals surface area contributed by atoms with Crippen molar-refractivity contribution >= 4 is 23.1 Å². The van der Waals surface area contributed by atoms with E-state index < -0.39 is 0 Å². The Morgan fingerprint density at radius 1 is 1.15 bits per heavy atom. The molecule has 1 atom stereocenters. The van der Waals surface area contributed by atoms with Gasteiger partial charge in [0.15, 0.2) is 5.11 Å². The van der Waals surface area contributed by atoms with Crippen molar-refractivity contribution in [2.45, 2.75) is 26.8 Å². The molecule has 20 heavy (non-hydrogen) atoms. The van der Waals surface area contributed by atoms with Crippen molar-refractivity contribution in [3.8, 4) is 0 Å². The first-order valence-corrected chi connectivity index (χ1v) is 7.03. The molecule has 104 valence electrons. The van der Waals surface area contributed by atoms with Crippen LogP contribution in [0, 0.1) is 13.8 Å². The number of nitrogens with zero attached hydrogens (tertiary/aromatic N) is 1. The van der Waals surface area contributed by atoms with Gasteiger partial charge in [0.1, 0.15) is 5.82 Å². The maximum Gasteiger partial charge on any atom is 0.172 e. The van der Waals surface area contributed by atoms with Gasteiger partial charge in [-0.25, -0.2) is 4.98 Å². The van der Waals surface area contributed by atoms with Crippen molar-refractivity contribution in [2.24, 2.45) is 0 Å². The van der Waals surface area contributed by atoms with Crippen LogP contribution in [-0.2, 0) is 0 Å². The standard InChI is InChI=1S/C16H19N3S/c1-11-9-12(2)17-15(10-11)19-16(20)18-13(3)14-7-5-4-6-8-14/h4-10,13H,1-3H3,(H2,17,18,19,20)/t13-/m0/s1. The van der Waals surface area contributed by atoms with Gasteiger partial charge in [0.2, 0.25) is 0 Å². The molecule has 3 nitrogen and oxygen atoms in total. The summed E-state index contributed by atoms with van der Waals surface area (Å²) in [4.78, 5) is 4.42. The molecule has 1 heterocycles. The second kappa shape index (κ2) is 6.48. The van der Waals surface area contributed by atoms with Crippen LogP contribution >= 0.6 is 12.2 Å². The van der Waals surface area contributed by atoms with E-state index in [4.69, 9.17) is 12.2 Å². The van der Waals surface area contributed by atoms with Gasteiger partial charge in [-0.05, 0) is 56.2 Å². The Bertz CT molecular complexity index is 576. The molecular formula is C16H19N3S. The fourth-order valence-electron chi connectivity index (χ4n) is 2.08. The molecule has 2 N–H and O–H groups in total. The summed E-state index contributed by atoms with van der Waals surface area (Å²) in [6.45, 7) is 6.10. The van der Waals surface area contributed by atoms with Crippen molar-refractivity contribution < 1.29 is 0 Å². The van der Waals surface area contributed by atoms with Gasteiger partial charge >= 0.3 is 0 Å². The van der Waals surface area contributed by atoms with Gasteiger partial charge in [-0.1, -0.05) is 30.3 Å². The fourth-order valence-corrected chi connectivity index (χ4v) is 2.36. The smallest absolute Gasteiger partial charge is 0.172 e. The second-order valence-corrected chi connectivity index (χ2v) is 5.31. The number of aromatic nitrogens is 1. The molecule has 0 radical (unpaired) electrons. The highest BCUT2D eigenvalue weighted by Gasteiger charge is 2.07. The van der Waals surface area contributed by atoms with E-state index in [1.807, 2.05) is 44.2 Å². The molecule has 0 aliphatic carbocycles. The van der Waals surface area contributed by atoms with Crippen LogP contribution in [0.5, 0.6) is 0 Å². The number of hydrogen-bond acceptors (Lipinski definition) is 2. The van der Waals surface area contributed by atoms with Gasteiger partial charge in [0.25, 0.3) is 0 Å². The SMILES string of the molecule is Cc1cc(C)nc(NC(=S)N[C@@H](C)c2ccccc2)c1. The van der Waals surface area contributed by atoms with Crippen molar-refractivity contribution in [3.05, 3.63) is 59.3 Å². The normalized spacial score (nSPS) is 11.8. The predicted octanol–water partition coefficient (Wildman–Crippen LogP) is 3.75. The molecule has 0 unspecified atom stereocenters. The maximum absolute atomic E-state index is 5.34. The highest BCUT2D eigenvalue weighted by molar-refractivity contribution is 7.80. The van der Waals surface area contributed by atoms with Crippen LogP contribution in [0.3, 0.4) is 0 Å². The molecule has 0 bridgehead atoms. The molecular weight excluding hydrogens is 266 g/mol. The first kappa shape index (κ1) is 14.5. The molecule has 1 aromatic carbocycles. The maximum atomic E-state index is 5.34. The third-order valence-corrected chi connectivity index (χ3v) is 3.21. The molecule has 0 aliphatic heterocycles. The lowest BCUT2D eigenvalue weighted by Gasteiger charge is -2.17. The summed E-state index contributed by atoms with van der Waals surface area (Å²) in [6.07, 6.45) is 0. The van der Waals surface area contributed by atoms with E-state index in [1.54, 1.807) is 0 Å². The van der Waals surface area contributed by atoms with Crippen LogP contribution in [0.15, 0.2) is 42.5 Å². The molecule has 2 rings (SSSR count). The zero-order valence-electron chi connectivity index (χ0n) is 12.0. The molecule has 0 fully saturated rings. The lowest BCUT2D eigenvalue weighted by Crippen LogP contribution is -2.31. The van der Waals surface area contributed by atoms with Crippen LogP contribution in [0.4, 0.5) is 5.82 Å².